The van der Waals surface area contributed by atoms with Crippen molar-refractivity contribution in [3.05, 3.63) is 88.7 Å². The number of amides is 1. The number of hydrogen-bond donors (Lipinski definition) is 3. The van der Waals surface area contributed by atoms with Crippen LogP contribution in [0.4, 0.5) is 15.8 Å². The van der Waals surface area contributed by atoms with Gasteiger partial charge in [-0.1, -0.05) is 11.6 Å². The number of carbonyl (C=O) groups excluding carboxylic acids is 1. The number of anilines is 2. The number of nitrogens with one attached hydrogen (secondary N) is 2. The number of carboxylic acids is 1. The second-order valence-electron chi connectivity index (χ2n) is 6.09. The Morgan fingerprint density at radius 1 is 0.933 bits per heavy atom. The van der Waals surface area contributed by atoms with Gasteiger partial charge >= 0.3 is 5.97 Å². The molecule has 0 saturated heterocycles. The maximum atomic E-state index is 13.0. The highest BCUT2D eigenvalue weighted by molar-refractivity contribution is 7.92. The predicted octanol–water partition coefficient (Wildman–Crippen LogP) is 4.23. The van der Waals surface area contributed by atoms with Gasteiger partial charge in [0.2, 0.25) is 0 Å². The number of halogens is 2. The van der Waals surface area contributed by atoms with Gasteiger partial charge in [-0.05, 0) is 66.7 Å². The van der Waals surface area contributed by atoms with Crippen molar-refractivity contribution in [1.29, 1.82) is 0 Å². The molecule has 3 aromatic rings. The monoisotopic (exact) mass is 448 g/mol. The van der Waals surface area contributed by atoms with Crippen molar-refractivity contribution < 1.29 is 27.5 Å². The second kappa shape index (κ2) is 8.52. The van der Waals surface area contributed by atoms with Crippen molar-refractivity contribution in [3.63, 3.8) is 0 Å². The van der Waals surface area contributed by atoms with Crippen LogP contribution in [0.2, 0.25) is 5.02 Å². The molecular formula is C20H14ClFN2O5S. The van der Waals surface area contributed by atoms with Gasteiger partial charge in [-0.2, -0.15) is 0 Å². The highest BCUT2D eigenvalue weighted by atomic mass is 35.5. The molecule has 0 heterocycles. The second-order valence-corrected chi connectivity index (χ2v) is 8.20. The van der Waals surface area contributed by atoms with Crippen molar-refractivity contribution in [2.75, 3.05) is 10.0 Å². The zero-order valence-corrected chi connectivity index (χ0v) is 16.7. The van der Waals surface area contributed by atoms with E-state index < -0.39 is 27.7 Å². The lowest BCUT2D eigenvalue weighted by atomic mass is 10.1. The van der Waals surface area contributed by atoms with Crippen molar-refractivity contribution in [2.45, 2.75) is 4.90 Å². The average molecular weight is 449 g/mol. The van der Waals surface area contributed by atoms with Gasteiger partial charge in [-0.15, -0.1) is 0 Å². The molecule has 0 bridgehead atoms. The minimum absolute atomic E-state index is 0.0478. The molecule has 0 aliphatic heterocycles. The summed E-state index contributed by atoms with van der Waals surface area (Å²) in [4.78, 5) is 23.6. The molecule has 3 N–H and O–H groups in total. The van der Waals surface area contributed by atoms with E-state index in [4.69, 9.17) is 11.6 Å². The molecule has 0 fully saturated rings. The maximum absolute atomic E-state index is 13.0. The molecule has 30 heavy (non-hydrogen) atoms. The third-order valence-electron chi connectivity index (χ3n) is 3.98. The van der Waals surface area contributed by atoms with Gasteiger partial charge in [-0.3, -0.25) is 9.52 Å². The number of carbonyl (C=O) groups is 2. The maximum Gasteiger partial charge on any atom is 0.337 e. The summed E-state index contributed by atoms with van der Waals surface area (Å²) in [5.41, 5.74) is 0.161. The summed E-state index contributed by atoms with van der Waals surface area (Å²) in [6, 6.07) is 13.8. The lowest BCUT2D eigenvalue weighted by molar-refractivity contribution is 0.0698. The van der Waals surface area contributed by atoms with Crippen LogP contribution in [0.5, 0.6) is 0 Å². The van der Waals surface area contributed by atoms with Crippen LogP contribution in [-0.2, 0) is 10.0 Å². The molecule has 0 saturated carbocycles. The van der Waals surface area contributed by atoms with Gasteiger partial charge in [0.1, 0.15) is 5.82 Å². The molecule has 10 heteroatoms. The van der Waals surface area contributed by atoms with Gasteiger partial charge < -0.3 is 10.4 Å². The smallest absolute Gasteiger partial charge is 0.337 e. The van der Waals surface area contributed by atoms with E-state index in [9.17, 15) is 27.5 Å². The van der Waals surface area contributed by atoms with Crippen molar-refractivity contribution in [3.8, 4) is 0 Å². The molecule has 7 nitrogen and oxygen atoms in total. The van der Waals surface area contributed by atoms with Crippen molar-refractivity contribution in [1.82, 2.24) is 0 Å². The number of carboxylic acid groups (broad SMARTS) is 1. The Kier molecular flexibility index (Phi) is 6.04. The first-order valence-corrected chi connectivity index (χ1v) is 10.2. The van der Waals surface area contributed by atoms with Gasteiger partial charge in [0.15, 0.2) is 0 Å². The molecule has 3 aromatic carbocycles. The fraction of sp³-hybridized carbons (Fsp3) is 0. The number of rotatable bonds is 6. The summed E-state index contributed by atoms with van der Waals surface area (Å²) < 4.78 is 40.1. The molecule has 0 spiro atoms. The summed E-state index contributed by atoms with van der Waals surface area (Å²) in [7, 11) is -3.95. The largest absolute Gasteiger partial charge is 0.478 e. The van der Waals surface area contributed by atoms with E-state index >= 15 is 0 Å². The van der Waals surface area contributed by atoms with E-state index in [0.717, 1.165) is 12.1 Å². The molecule has 154 valence electrons. The Morgan fingerprint density at radius 3 is 2.17 bits per heavy atom. The number of sulfonamides is 1. The van der Waals surface area contributed by atoms with Crippen LogP contribution in [0.15, 0.2) is 71.6 Å². The molecular weight excluding hydrogens is 435 g/mol. The third-order valence-corrected chi connectivity index (χ3v) is 5.62. The van der Waals surface area contributed by atoms with E-state index in [0.29, 0.717) is 0 Å². The van der Waals surface area contributed by atoms with E-state index in [1.165, 1.54) is 54.6 Å². The van der Waals surface area contributed by atoms with E-state index in [2.05, 4.69) is 10.0 Å². The van der Waals surface area contributed by atoms with Gasteiger partial charge in [-0.25, -0.2) is 17.6 Å². The fourth-order valence-electron chi connectivity index (χ4n) is 2.51. The lowest BCUT2D eigenvalue weighted by Gasteiger charge is -2.10. The fourth-order valence-corrected chi connectivity index (χ4v) is 3.75. The van der Waals surface area contributed by atoms with E-state index in [1.807, 2.05) is 0 Å². The van der Waals surface area contributed by atoms with Crippen molar-refractivity contribution in [2.24, 2.45) is 0 Å². The highest BCUT2D eigenvalue weighted by Gasteiger charge is 2.17. The SMILES string of the molecule is O=C(Nc1ccc(Cl)cc1C(=O)O)c1ccc(S(=O)(=O)Nc2ccc(F)cc2)cc1. The highest BCUT2D eigenvalue weighted by Crippen LogP contribution is 2.22. The van der Waals surface area contributed by atoms with Crippen LogP contribution in [0.1, 0.15) is 20.7 Å². The Labute approximate surface area is 176 Å². The van der Waals surface area contributed by atoms with E-state index in [1.54, 1.807) is 0 Å². The summed E-state index contributed by atoms with van der Waals surface area (Å²) in [5.74, 6) is -2.39. The summed E-state index contributed by atoms with van der Waals surface area (Å²) in [5, 5.41) is 11.9. The molecule has 0 atom stereocenters. The number of hydrogen-bond acceptors (Lipinski definition) is 4. The molecule has 0 unspecified atom stereocenters. The molecule has 0 aliphatic carbocycles. The van der Waals surface area contributed by atoms with Gasteiger partial charge in [0.05, 0.1) is 16.1 Å². The number of benzene rings is 3. The Hall–Kier alpha value is -3.43. The van der Waals surface area contributed by atoms with Crippen LogP contribution in [0, 0.1) is 5.82 Å². The Balaban J connectivity index is 1.77. The van der Waals surface area contributed by atoms with Crippen LogP contribution >= 0.6 is 11.6 Å². The normalized spacial score (nSPS) is 11.0. The Morgan fingerprint density at radius 2 is 1.57 bits per heavy atom. The summed E-state index contributed by atoms with van der Waals surface area (Å²) in [6.45, 7) is 0. The summed E-state index contributed by atoms with van der Waals surface area (Å²) >= 11 is 5.78. The van der Waals surface area contributed by atoms with Gasteiger partial charge in [0, 0.05) is 16.3 Å². The minimum Gasteiger partial charge on any atom is -0.478 e. The molecule has 0 aromatic heterocycles. The Bertz CT molecular complexity index is 1210. The van der Waals surface area contributed by atoms with Crippen LogP contribution in [-0.4, -0.2) is 25.4 Å². The third kappa shape index (κ3) is 4.94. The standard InChI is InChI=1S/C20H14ClFN2O5S/c21-13-3-10-18(17(11-13)20(26)27)23-19(25)12-1-8-16(9-2-12)30(28,29)24-15-6-4-14(22)5-7-15/h1-11,24H,(H,23,25)(H,26,27). The molecule has 3 rings (SSSR count). The van der Waals surface area contributed by atoms with Crippen LogP contribution in [0.25, 0.3) is 0 Å². The first-order chi connectivity index (χ1) is 14.2. The first kappa shape index (κ1) is 21.3. The lowest BCUT2D eigenvalue weighted by Crippen LogP contribution is -2.16. The van der Waals surface area contributed by atoms with Crippen LogP contribution in [0.3, 0.4) is 0 Å². The molecule has 0 aliphatic rings. The quantitative estimate of drug-likeness (QED) is 0.522. The van der Waals surface area contributed by atoms with E-state index in [-0.39, 0.29) is 32.4 Å². The predicted molar refractivity (Wildman–Crippen MR) is 110 cm³/mol. The zero-order valence-electron chi connectivity index (χ0n) is 15.1. The average Bonchev–Trinajstić information content (AvgIpc) is 2.71. The zero-order chi connectivity index (χ0) is 21.9. The minimum atomic E-state index is -3.95. The molecule has 0 radical (unpaired) electrons. The topological polar surface area (TPSA) is 113 Å². The first-order valence-electron chi connectivity index (χ1n) is 8.38. The van der Waals surface area contributed by atoms with Gasteiger partial charge in [0.25, 0.3) is 15.9 Å². The number of aromatic carboxylic acids is 1. The molecule has 1 amide bonds. The van der Waals surface area contributed by atoms with Crippen molar-refractivity contribution >= 4 is 44.9 Å². The van der Waals surface area contributed by atoms with Crippen LogP contribution < -0.4 is 10.0 Å². The summed E-state index contributed by atoms with van der Waals surface area (Å²) in [6.07, 6.45) is 0.